The summed E-state index contributed by atoms with van der Waals surface area (Å²) >= 11 is 0. The van der Waals surface area contributed by atoms with Crippen molar-refractivity contribution in [1.29, 1.82) is 0 Å². The van der Waals surface area contributed by atoms with Crippen molar-refractivity contribution in [3.8, 4) is 0 Å². The molecule has 3 rings (SSSR count). The van der Waals surface area contributed by atoms with E-state index in [9.17, 15) is 29.7 Å². The van der Waals surface area contributed by atoms with Crippen molar-refractivity contribution in [2.24, 2.45) is 0 Å². The summed E-state index contributed by atoms with van der Waals surface area (Å²) in [7, 11) is 0. The zero-order valence-electron chi connectivity index (χ0n) is 19.5. The topological polar surface area (TPSA) is 330 Å². The normalized spacial score (nSPS) is 24.5. The first-order chi connectivity index (χ1) is 16.7. The summed E-state index contributed by atoms with van der Waals surface area (Å²) in [6.45, 7) is -2.13. The smallest absolute Gasteiger partial charge is 0.870 e. The monoisotopic (exact) mass is 556 g/mol. The van der Waals surface area contributed by atoms with E-state index in [2.05, 4.69) is 14.2 Å². The maximum absolute atomic E-state index is 10.8. The Morgan fingerprint density at radius 3 is 0.868 bits per heavy atom. The van der Waals surface area contributed by atoms with Crippen LogP contribution in [0.5, 0.6) is 0 Å². The average molecular weight is 557 g/mol. The molecule has 3 aliphatic rings. The molecule has 0 aromatic rings. The first kappa shape index (κ1) is 37.7. The molecular formula is C18H21LiMgO18. The summed E-state index contributed by atoms with van der Waals surface area (Å²) in [5.74, 6) is -9.61. The predicted molar refractivity (Wildman–Crippen MR) is 104 cm³/mol. The fourth-order valence-corrected chi connectivity index (χ4v) is 2.43. The number of carbonyl (C=O) groups excluding carboxylic acids is 3. The summed E-state index contributed by atoms with van der Waals surface area (Å²) in [5.41, 5.74) is 0. The van der Waals surface area contributed by atoms with Gasteiger partial charge in [0.2, 0.25) is 0 Å². The van der Waals surface area contributed by atoms with Gasteiger partial charge in [-0.05, 0) is 17.3 Å². The minimum absolute atomic E-state index is 0. The number of aliphatic hydroxyl groups is 9. The summed E-state index contributed by atoms with van der Waals surface area (Å²) in [6.07, 6.45) is -8.85. The van der Waals surface area contributed by atoms with Gasteiger partial charge >= 0.3 is 59.8 Å². The van der Waals surface area contributed by atoms with Crippen LogP contribution in [-0.4, -0.2) is 143 Å². The van der Waals surface area contributed by atoms with Gasteiger partial charge in [0.25, 0.3) is 0 Å². The van der Waals surface area contributed by atoms with Crippen molar-refractivity contribution < 1.29 is 109 Å². The Labute approximate surface area is 240 Å². The van der Waals surface area contributed by atoms with Crippen LogP contribution in [0.3, 0.4) is 0 Å². The number of rotatable bonds is 6. The van der Waals surface area contributed by atoms with Crippen LogP contribution in [0.25, 0.3) is 0 Å². The van der Waals surface area contributed by atoms with Crippen molar-refractivity contribution in [3.63, 3.8) is 0 Å². The Bertz CT molecular complexity index is 829. The van der Waals surface area contributed by atoms with E-state index >= 15 is 0 Å². The molecule has 0 aliphatic carbocycles. The van der Waals surface area contributed by atoms with E-state index in [-0.39, 0.29) is 41.9 Å². The van der Waals surface area contributed by atoms with Crippen LogP contribution in [0.15, 0.2) is 34.6 Å². The van der Waals surface area contributed by atoms with E-state index in [1.54, 1.807) is 0 Å². The van der Waals surface area contributed by atoms with Crippen molar-refractivity contribution in [3.05, 3.63) is 34.6 Å². The van der Waals surface area contributed by atoms with Gasteiger partial charge in [0.05, 0.1) is 19.8 Å². The van der Waals surface area contributed by atoms with E-state index < -0.39 is 109 Å². The molecule has 0 bridgehead atoms. The molecule has 0 aromatic heterocycles. The maximum atomic E-state index is 10.8. The van der Waals surface area contributed by atoms with E-state index in [4.69, 9.17) is 46.0 Å². The number of hydrogen-bond donors (Lipinski definition) is 9. The molecule has 3 heterocycles. The quantitative estimate of drug-likeness (QED) is 0.0832. The van der Waals surface area contributed by atoms with Crippen LogP contribution in [0.2, 0.25) is 0 Å². The largest absolute Gasteiger partial charge is 2.00 e. The predicted octanol–water partition coefficient (Wildman–Crippen LogP) is -11.2. The van der Waals surface area contributed by atoms with Crippen molar-refractivity contribution >= 4 is 41.0 Å². The van der Waals surface area contributed by atoms with E-state index in [0.29, 0.717) is 0 Å². The molecule has 18 nitrogen and oxygen atoms in total. The molecule has 0 spiro atoms. The first-order valence-corrected chi connectivity index (χ1v) is 9.53. The maximum Gasteiger partial charge on any atom is 2.00 e. The van der Waals surface area contributed by atoms with Gasteiger partial charge in [-0.15, -0.1) is 0 Å². The summed E-state index contributed by atoms with van der Waals surface area (Å²) in [6, 6.07) is 0. The summed E-state index contributed by atoms with van der Waals surface area (Å²) in [5, 5.41) is 110. The minimum Gasteiger partial charge on any atom is -0.870 e. The van der Waals surface area contributed by atoms with Crippen LogP contribution in [0.1, 0.15) is 0 Å². The molecule has 0 saturated heterocycles. The Kier molecular flexibility index (Phi) is 16.4. The van der Waals surface area contributed by atoms with Gasteiger partial charge in [-0.1, -0.05) is 0 Å². The van der Waals surface area contributed by atoms with Gasteiger partial charge < -0.3 is 75.5 Å². The van der Waals surface area contributed by atoms with E-state index in [1.165, 1.54) is 0 Å². The molecule has 0 fully saturated rings. The fraction of sp³-hybridized carbons (Fsp3) is 0.500. The third-order valence-corrected chi connectivity index (χ3v) is 4.37. The summed E-state index contributed by atoms with van der Waals surface area (Å²) < 4.78 is 12.8. The molecule has 0 amide bonds. The van der Waals surface area contributed by atoms with Crippen LogP contribution >= 0.6 is 0 Å². The molecule has 0 saturated carbocycles. The van der Waals surface area contributed by atoms with Crippen LogP contribution in [0, 0.1) is 0 Å². The molecule has 9 N–H and O–H groups in total. The number of carbonyl (C=O) groups is 3. The van der Waals surface area contributed by atoms with Gasteiger partial charge in [0.1, 0.15) is 36.6 Å². The minimum atomic E-state index is -1.48. The van der Waals surface area contributed by atoms with Gasteiger partial charge in [-0.25, -0.2) is 14.4 Å². The Morgan fingerprint density at radius 1 is 0.579 bits per heavy atom. The fourth-order valence-electron chi connectivity index (χ4n) is 2.43. The second kappa shape index (κ2) is 16.5. The third kappa shape index (κ3) is 8.80. The van der Waals surface area contributed by atoms with Crippen LogP contribution in [0.4, 0.5) is 0 Å². The van der Waals surface area contributed by atoms with E-state index in [0.717, 1.165) is 0 Å². The van der Waals surface area contributed by atoms with Crippen LogP contribution in [-0.2, 0) is 28.6 Å². The van der Waals surface area contributed by atoms with Crippen LogP contribution < -0.4 is 34.2 Å². The van der Waals surface area contributed by atoms with Gasteiger partial charge in [-0.3, -0.25) is 0 Å². The van der Waals surface area contributed by atoms with E-state index in [1.807, 2.05) is 0 Å². The molecular weight excluding hydrogens is 535 g/mol. The SMILES string of the molecule is O=C1O[C@H]([C@@H](O)CO)C([O-])=C1O.O=C1O[C@H]([C@@H](O)CO)C([O-])=C1O.O=C1O[C@H]([C@@H](O)CO)C([O-])=C1O.[Li+].[Mg+2]. The molecule has 0 aromatic carbocycles. The zero-order valence-corrected chi connectivity index (χ0v) is 20.9. The van der Waals surface area contributed by atoms with Crippen molar-refractivity contribution in [2.75, 3.05) is 19.8 Å². The number of cyclic esters (lactones) is 3. The Hall–Kier alpha value is -2.45. The number of aliphatic hydroxyl groups excluding tert-OH is 9. The van der Waals surface area contributed by atoms with Gasteiger partial charge in [0.15, 0.2) is 17.3 Å². The van der Waals surface area contributed by atoms with Gasteiger partial charge in [-0.2, -0.15) is 0 Å². The second-order valence-electron chi connectivity index (χ2n) is 6.87. The standard InChI is InChI=1S/3C6H8O6.Li.Mg/c3*7-1-2(8)5-3(9)4(10)6(11)12-5;;/h3*2,5,7-10H,1H2;;/q;;;+1;+2/p-3/t3*2-,5+;;/m000../s1. The van der Waals surface area contributed by atoms with Gasteiger partial charge in [0, 0.05) is 0 Å². The molecule has 0 radical (unpaired) electrons. The molecule has 6 atom stereocenters. The molecule has 38 heavy (non-hydrogen) atoms. The second-order valence-corrected chi connectivity index (χ2v) is 6.87. The molecule has 20 heteroatoms. The molecule has 3 aliphatic heterocycles. The Balaban J connectivity index is 0. The Morgan fingerprint density at radius 2 is 0.763 bits per heavy atom. The third-order valence-electron chi connectivity index (χ3n) is 4.37. The van der Waals surface area contributed by atoms with Crippen molar-refractivity contribution in [1.82, 2.24) is 0 Å². The average Bonchev–Trinajstić information content (AvgIpc) is 3.40. The zero-order chi connectivity index (χ0) is 27.9. The molecule has 204 valence electrons. The van der Waals surface area contributed by atoms with Crippen molar-refractivity contribution in [2.45, 2.75) is 36.6 Å². The number of esters is 3. The summed E-state index contributed by atoms with van der Waals surface area (Å²) in [4.78, 5) is 31.5. The molecule has 0 unspecified atom stereocenters. The first-order valence-electron chi connectivity index (χ1n) is 9.53. The number of ether oxygens (including phenoxy) is 3. The number of hydrogen-bond acceptors (Lipinski definition) is 18.